The molecule has 0 bridgehead atoms. The third kappa shape index (κ3) is 5.14. The molecule has 2 aromatic carbocycles. The van der Waals surface area contributed by atoms with Crippen molar-refractivity contribution < 1.29 is 43.1 Å². The lowest BCUT2D eigenvalue weighted by Crippen LogP contribution is -3.00. The molecule has 0 aliphatic carbocycles. The van der Waals surface area contributed by atoms with Crippen LogP contribution in [0.2, 0.25) is 0 Å². The largest absolute Gasteiger partial charge is 1.00 e. The fourth-order valence-corrected chi connectivity index (χ4v) is 3.57. The van der Waals surface area contributed by atoms with Crippen molar-refractivity contribution in [1.29, 1.82) is 0 Å². The van der Waals surface area contributed by atoms with Crippen LogP contribution in [0.15, 0.2) is 85.2 Å². The summed E-state index contributed by atoms with van der Waals surface area (Å²) in [5, 5.41) is 2.63. The second-order valence-electron chi connectivity index (χ2n) is 6.58. The molecule has 0 spiro atoms. The van der Waals surface area contributed by atoms with Crippen LogP contribution < -0.4 is 43.1 Å². The van der Waals surface area contributed by atoms with Gasteiger partial charge in [-0.2, -0.15) is 9.13 Å². The number of para-hydroxylation sites is 2. The maximum absolute atomic E-state index is 2.38. The fourth-order valence-electron chi connectivity index (χ4n) is 3.57. The number of pyridine rings is 2. The van der Waals surface area contributed by atoms with Crippen LogP contribution in [0.25, 0.3) is 21.8 Å². The van der Waals surface area contributed by atoms with Crippen LogP contribution >= 0.6 is 0 Å². The van der Waals surface area contributed by atoms with E-state index in [0.29, 0.717) is 0 Å². The van der Waals surface area contributed by atoms with E-state index in [1.807, 2.05) is 0 Å². The van der Waals surface area contributed by atoms with Gasteiger partial charge in [0.2, 0.25) is 11.0 Å². The highest BCUT2D eigenvalue weighted by Gasteiger charge is 2.09. The molecule has 2 aromatic heterocycles. The topological polar surface area (TPSA) is 7.76 Å². The molecule has 2 nitrogen and oxygen atoms in total. The molecule has 0 aliphatic rings. The molecular weight excluding hydrogens is 464 g/mol. The number of rotatable bonds is 6. The van der Waals surface area contributed by atoms with Gasteiger partial charge >= 0.3 is 0 Å². The summed E-state index contributed by atoms with van der Waals surface area (Å²) in [5.74, 6) is 0. The number of hydrogen-bond acceptors (Lipinski definition) is 0. The van der Waals surface area contributed by atoms with Crippen LogP contribution in [0.5, 0.6) is 0 Å². The summed E-state index contributed by atoms with van der Waals surface area (Å²) in [6, 6.07) is 25.9. The Morgan fingerprint density at radius 2 is 0.889 bits per heavy atom. The van der Waals surface area contributed by atoms with Crippen LogP contribution in [0.3, 0.4) is 0 Å². The number of halogens is 2. The Labute approximate surface area is 182 Å². The van der Waals surface area contributed by atoms with E-state index >= 15 is 0 Å². The molecule has 0 atom stereocenters. The maximum atomic E-state index is 2.38. The van der Waals surface area contributed by atoms with Gasteiger partial charge in [-0.3, -0.25) is 0 Å². The van der Waals surface area contributed by atoms with Crippen molar-refractivity contribution in [2.45, 2.75) is 32.4 Å². The molecule has 0 saturated heterocycles. The quantitative estimate of drug-likeness (QED) is 0.230. The normalized spacial score (nSPS) is 10.4. The molecular formula is C23H24Br2N2. The van der Waals surface area contributed by atoms with Gasteiger partial charge in [0.25, 0.3) is 0 Å². The monoisotopic (exact) mass is 486 g/mol. The lowest BCUT2D eigenvalue weighted by atomic mass is 10.2. The van der Waals surface area contributed by atoms with Gasteiger partial charge < -0.3 is 34.0 Å². The minimum atomic E-state index is 0. The lowest BCUT2D eigenvalue weighted by molar-refractivity contribution is -0.675. The van der Waals surface area contributed by atoms with E-state index < -0.39 is 0 Å². The summed E-state index contributed by atoms with van der Waals surface area (Å²) in [4.78, 5) is 0. The minimum Gasteiger partial charge on any atom is -1.00 e. The van der Waals surface area contributed by atoms with E-state index in [1.54, 1.807) is 0 Å². The van der Waals surface area contributed by atoms with Crippen molar-refractivity contribution in [3.8, 4) is 0 Å². The van der Waals surface area contributed by atoms with Gasteiger partial charge in [0.1, 0.15) is 13.1 Å². The maximum Gasteiger partial charge on any atom is 0.212 e. The first-order valence-electron chi connectivity index (χ1n) is 9.16. The Morgan fingerprint density at radius 3 is 1.37 bits per heavy atom. The summed E-state index contributed by atoms with van der Waals surface area (Å²) in [7, 11) is 0. The highest BCUT2D eigenvalue weighted by Crippen LogP contribution is 2.10. The highest BCUT2D eigenvalue weighted by molar-refractivity contribution is 5.75. The average Bonchev–Trinajstić information content (AvgIpc) is 2.68. The molecule has 27 heavy (non-hydrogen) atoms. The van der Waals surface area contributed by atoms with Gasteiger partial charge in [-0.25, -0.2) is 0 Å². The van der Waals surface area contributed by atoms with Crippen molar-refractivity contribution in [3.63, 3.8) is 0 Å². The van der Waals surface area contributed by atoms with Crippen LogP contribution in [0.1, 0.15) is 19.3 Å². The van der Waals surface area contributed by atoms with E-state index in [-0.39, 0.29) is 34.0 Å². The zero-order chi connectivity index (χ0) is 16.9. The standard InChI is InChI=1S/C23H24N2.2BrH/c1(6-16-24-18-8-12-20-10-2-4-14-22(20)24)7-17-25-19-9-13-21-11-3-5-15-23(21)25;;/h2-5,8-15,18-19H,1,6-7,16-17H2;2*1H/q+2;;/p-2. The smallest absolute Gasteiger partial charge is 0.212 e. The number of unbranched alkanes of at least 4 members (excludes halogenated alkanes) is 2. The number of nitrogens with zero attached hydrogens (tertiary/aromatic N) is 2. The third-order valence-electron chi connectivity index (χ3n) is 4.87. The fraction of sp³-hybridized carbons (Fsp3) is 0.217. The Kier molecular flexibility index (Phi) is 8.39. The molecule has 140 valence electrons. The minimum absolute atomic E-state index is 0. The first kappa shape index (κ1) is 21.5. The highest BCUT2D eigenvalue weighted by atomic mass is 79.9. The zero-order valence-corrected chi connectivity index (χ0v) is 18.4. The number of fused-ring (bicyclic) bond motifs is 2. The number of aromatic nitrogens is 2. The van der Waals surface area contributed by atoms with Crippen molar-refractivity contribution in [2.75, 3.05) is 0 Å². The van der Waals surface area contributed by atoms with Crippen molar-refractivity contribution in [1.82, 2.24) is 0 Å². The molecule has 2 heterocycles. The Hall–Kier alpha value is -1.78. The molecule has 0 radical (unpaired) electrons. The number of benzene rings is 2. The molecule has 0 unspecified atom stereocenters. The number of aryl methyl sites for hydroxylation is 2. The van der Waals surface area contributed by atoms with E-state index in [9.17, 15) is 0 Å². The predicted molar refractivity (Wildman–Crippen MR) is 102 cm³/mol. The molecule has 4 aromatic rings. The molecule has 0 fully saturated rings. The summed E-state index contributed by atoms with van der Waals surface area (Å²) >= 11 is 0. The van der Waals surface area contributed by atoms with Crippen LogP contribution in [-0.4, -0.2) is 0 Å². The van der Waals surface area contributed by atoms with E-state index in [4.69, 9.17) is 0 Å². The molecule has 0 N–H and O–H groups in total. The molecule has 4 heteroatoms. The molecule has 4 rings (SSSR count). The van der Waals surface area contributed by atoms with E-state index in [1.165, 1.54) is 41.1 Å². The summed E-state index contributed by atoms with van der Waals surface area (Å²) in [6.07, 6.45) is 8.06. The lowest BCUT2D eigenvalue weighted by Gasteiger charge is -2.02. The second-order valence-corrected chi connectivity index (χ2v) is 6.58. The van der Waals surface area contributed by atoms with Gasteiger partial charge in [-0.1, -0.05) is 24.3 Å². The Bertz CT molecular complexity index is 910. The van der Waals surface area contributed by atoms with Crippen LogP contribution in [-0.2, 0) is 13.1 Å². The summed E-state index contributed by atoms with van der Waals surface area (Å²) < 4.78 is 4.75. The van der Waals surface area contributed by atoms with Crippen LogP contribution in [0, 0.1) is 0 Å². The first-order chi connectivity index (χ1) is 12.4. The van der Waals surface area contributed by atoms with Crippen molar-refractivity contribution in [3.05, 3.63) is 85.2 Å². The van der Waals surface area contributed by atoms with E-state index in [2.05, 4.69) is 94.3 Å². The summed E-state index contributed by atoms with van der Waals surface area (Å²) in [6.45, 7) is 2.17. The molecule has 0 amide bonds. The van der Waals surface area contributed by atoms with Gasteiger partial charge in [0, 0.05) is 47.9 Å². The SMILES string of the molecule is [Br-].[Br-].c1ccc2c(c1)ccc[n+]2CCCCC[n+]1cccc2ccccc21. The third-order valence-corrected chi connectivity index (χ3v) is 4.87. The summed E-state index contributed by atoms with van der Waals surface area (Å²) in [5.41, 5.74) is 2.65. The van der Waals surface area contributed by atoms with E-state index in [0.717, 1.165) is 13.1 Å². The average molecular weight is 488 g/mol. The van der Waals surface area contributed by atoms with Gasteiger partial charge in [-0.05, 0) is 30.7 Å². The predicted octanol–water partition coefficient (Wildman–Crippen LogP) is -1.55. The van der Waals surface area contributed by atoms with Gasteiger partial charge in [0.05, 0.1) is 0 Å². The Balaban J connectivity index is 0.00000131. The van der Waals surface area contributed by atoms with Crippen molar-refractivity contribution in [2.24, 2.45) is 0 Å². The molecule has 0 saturated carbocycles. The number of hydrogen-bond donors (Lipinski definition) is 0. The molecule has 0 aliphatic heterocycles. The van der Waals surface area contributed by atoms with Gasteiger partial charge in [-0.15, -0.1) is 0 Å². The van der Waals surface area contributed by atoms with Gasteiger partial charge in [0.15, 0.2) is 12.4 Å². The van der Waals surface area contributed by atoms with Crippen molar-refractivity contribution >= 4 is 21.8 Å². The Morgan fingerprint density at radius 1 is 0.481 bits per heavy atom. The zero-order valence-electron chi connectivity index (χ0n) is 15.3. The van der Waals surface area contributed by atoms with Crippen LogP contribution in [0.4, 0.5) is 0 Å². The second kappa shape index (κ2) is 10.5. The first-order valence-corrected chi connectivity index (χ1v) is 9.16.